The number of nitrogens with zero attached hydrogens (tertiary/aromatic N) is 2. The van der Waals surface area contributed by atoms with Crippen molar-refractivity contribution in [2.24, 2.45) is 0 Å². The van der Waals surface area contributed by atoms with Gasteiger partial charge in [-0.3, -0.25) is 0 Å². The Bertz CT molecular complexity index is 681. The van der Waals surface area contributed by atoms with Crippen LogP contribution in [0.15, 0.2) is 28.7 Å². The summed E-state index contributed by atoms with van der Waals surface area (Å²) in [5, 5.41) is 20.5. The van der Waals surface area contributed by atoms with Crippen LogP contribution in [0.4, 0.5) is 10.2 Å². The Balaban J connectivity index is 2.69. The van der Waals surface area contributed by atoms with E-state index in [2.05, 4.69) is 20.9 Å². The van der Waals surface area contributed by atoms with Gasteiger partial charge in [-0.1, -0.05) is 11.6 Å². The molecule has 0 saturated carbocycles. The van der Waals surface area contributed by atoms with Crippen molar-refractivity contribution in [2.75, 3.05) is 0 Å². The summed E-state index contributed by atoms with van der Waals surface area (Å²) in [6, 6.07) is 5.06. The highest BCUT2D eigenvalue weighted by Gasteiger charge is 2.23. The molecule has 98 valence electrons. The molecule has 2 aromatic rings. The van der Waals surface area contributed by atoms with Crippen LogP contribution in [0.1, 0.15) is 0 Å². The Labute approximate surface area is 119 Å². The van der Waals surface area contributed by atoms with Gasteiger partial charge in [0.05, 0.1) is 10.0 Å². The topological polar surface area (TPSA) is 76.3 Å². The molecule has 0 amide bonds. The molecular formula is C11H5BrClFN2O3. The number of aromatic nitrogens is 1. The smallest absolute Gasteiger partial charge is 0.407 e. The fraction of sp³-hybridized carbons (Fsp3) is 0. The average Bonchev–Trinajstić information content (AvgIpc) is 2.35. The highest BCUT2D eigenvalue weighted by Crippen LogP contribution is 2.36. The van der Waals surface area contributed by atoms with E-state index in [1.165, 1.54) is 18.2 Å². The number of rotatable bonds is 2. The lowest BCUT2D eigenvalue weighted by molar-refractivity contribution is -0.390. The summed E-state index contributed by atoms with van der Waals surface area (Å²) < 4.78 is 13.7. The lowest BCUT2D eigenvalue weighted by Gasteiger charge is -2.03. The number of hydrogen-bond donors (Lipinski definition) is 1. The number of halogens is 3. The third-order valence-electron chi connectivity index (χ3n) is 2.31. The van der Waals surface area contributed by atoms with Gasteiger partial charge in [0.25, 0.3) is 0 Å². The van der Waals surface area contributed by atoms with Crippen molar-refractivity contribution in [1.82, 2.24) is 4.98 Å². The van der Waals surface area contributed by atoms with Gasteiger partial charge in [0, 0.05) is 11.1 Å². The first-order valence-electron chi connectivity index (χ1n) is 4.89. The van der Waals surface area contributed by atoms with Crippen molar-refractivity contribution in [2.45, 2.75) is 0 Å². The van der Waals surface area contributed by atoms with Crippen LogP contribution in [0.3, 0.4) is 0 Å². The zero-order valence-corrected chi connectivity index (χ0v) is 11.4. The molecule has 0 aliphatic carbocycles. The molecule has 8 heteroatoms. The maximum absolute atomic E-state index is 13.7. The fourth-order valence-corrected chi connectivity index (χ4v) is 2.02. The molecule has 0 aliphatic rings. The van der Waals surface area contributed by atoms with Gasteiger partial charge in [0.15, 0.2) is 5.69 Å². The van der Waals surface area contributed by atoms with E-state index < -0.39 is 22.3 Å². The second kappa shape index (κ2) is 5.10. The number of aromatic hydroxyl groups is 1. The van der Waals surface area contributed by atoms with Gasteiger partial charge in [-0.25, -0.2) is 4.39 Å². The third-order valence-corrected chi connectivity index (χ3v) is 3.14. The fourth-order valence-electron chi connectivity index (χ4n) is 1.45. The molecule has 2 rings (SSSR count). The molecule has 0 saturated heterocycles. The van der Waals surface area contributed by atoms with Crippen molar-refractivity contribution in [3.8, 4) is 17.0 Å². The number of pyridine rings is 1. The zero-order chi connectivity index (χ0) is 14.2. The second-order valence-electron chi connectivity index (χ2n) is 3.54. The third kappa shape index (κ3) is 2.66. The second-order valence-corrected chi connectivity index (χ2v) is 4.83. The van der Waals surface area contributed by atoms with Gasteiger partial charge in [-0.2, -0.15) is 0 Å². The molecule has 1 N–H and O–H groups in total. The minimum atomic E-state index is -0.855. The van der Waals surface area contributed by atoms with Gasteiger partial charge in [0.2, 0.25) is 5.75 Å². The van der Waals surface area contributed by atoms with Gasteiger partial charge in [-0.15, -0.1) is 0 Å². The Hall–Kier alpha value is -1.73. The summed E-state index contributed by atoms with van der Waals surface area (Å²) in [5.41, 5.74) is 0.00711. The summed E-state index contributed by atoms with van der Waals surface area (Å²) in [6.07, 6.45) is 0. The van der Waals surface area contributed by atoms with E-state index >= 15 is 0 Å². The number of nitro groups is 1. The standard InChI is InChI=1S/C11H5BrClFN2O3/c12-7-4-9(15-11(10(7)17)16(18)19)6-3-5(13)1-2-8(6)14/h1-4,17H. The molecule has 1 aromatic carbocycles. The highest BCUT2D eigenvalue weighted by atomic mass is 79.9. The quantitative estimate of drug-likeness (QED) is 0.660. The lowest BCUT2D eigenvalue weighted by atomic mass is 10.1. The van der Waals surface area contributed by atoms with Gasteiger partial charge >= 0.3 is 5.82 Å². The molecule has 0 fully saturated rings. The van der Waals surface area contributed by atoms with Crippen LogP contribution in [0, 0.1) is 15.9 Å². The van der Waals surface area contributed by atoms with Gasteiger partial charge in [-0.05, 0) is 44.0 Å². The van der Waals surface area contributed by atoms with Crippen LogP contribution in [0.2, 0.25) is 5.02 Å². The first kappa shape index (κ1) is 13.7. The predicted molar refractivity (Wildman–Crippen MR) is 70.7 cm³/mol. The molecule has 0 spiro atoms. The van der Waals surface area contributed by atoms with Gasteiger partial charge < -0.3 is 15.2 Å². The SMILES string of the molecule is O=[N+]([O-])c1nc(-c2cc(Cl)ccc2F)cc(Br)c1O. The number of benzene rings is 1. The molecule has 0 radical (unpaired) electrons. The monoisotopic (exact) mass is 346 g/mol. The summed E-state index contributed by atoms with van der Waals surface area (Å²) in [6.45, 7) is 0. The van der Waals surface area contributed by atoms with Crippen LogP contribution in [-0.2, 0) is 0 Å². The summed E-state index contributed by atoms with van der Waals surface area (Å²) >= 11 is 8.71. The van der Waals surface area contributed by atoms with E-state index in [1.807, 2.05) is 0 Å². The maximum atomic E-state index is 13.7. The summed E-state index contributed by atoms with van der Waals surface area (Å²) in [5.74, 6) is -2.00. The molecule has 0 aliphatic heterocycles. The Morgan fingerprint density at radius 3 is 2.74 bits per heavy atom. The van der Waals surface area contributed by atoms with Crippen molar-refractivity contribution < 1.29 is 14.4 Å². The Morgan fingerprint density at radius 2 is 2.11 bits per heavy atom. The maximum Gasteiger partial charge on any atom is 0.407 e. The van der Waals surface area contributed by atoms with Crippen LogP contribution in [0.5, 0.6) is 5.75 Å². The number of hydrogen-bond acceptors (Lipinski definition) is 4. The minimum absolute atomic E-state index is 0.00336. The molecule has 0 atom stereocenters. The van der Waals surface area contributed by atoms with Crippen LogP contribution < -0.4 is 0 Å². The van der Waals surface area contributed by atoms with Crippen LogP contribution >= 0.6 is 27.5 Å². The molecular weight excluding hydrogens is 342 g/mol. The normalized spacial score (nSPS) is 10.5. The van der Waals surface area contributed by atoms with E-state index in [9.17, 15) is 19.6 Å². The predicted octanol–water partition coefficient (Wildman–Crippen LogP) is 3.92. The summed E-state index contributed by atoms with van der Waals surface area (Å²) in [7, 11) is 0. The first-order chi connectivity index (χ1) is 8.90. The van der Waals surface area contributed by atoms with Crippen LogP contribution in [0.25, 0.3) is 11.3 Å². The summed E-state index contributed by atoms with van der Waals surface area (Å²) in [4.78, 5) is 13.5. The molecule has 19 heavy (non-hydrogen) atoms. The van der Waals surface area contributed by atoms with E-state index in [0.29, 0.717) is 0 Å². The molecule has 1 heterocycles. The Kier molecular flexibility index (Phi) is 3.68. The molecule has 1 aromatic heterocycles. The minimum Gasteiger partial charge on any atom is -0.500 e. The zero-order valence-electron chi connectivity index (χ0n) is 9.10. The van der Waals surface area contributed by atoms with Crippen LogP contribution in [-0.4, -0.2) is 15.0 Å². The van der Waals surface area contributed by atoms with Crippen molar-refractivity contribution in [3.05, 3.63) is 49.7 Å². The first-order valence-corrected chi connectivity index (χ1v) is 6.06. The van der Waals surface area contributed by atoms with Crippen molar-refractivity contribution in [1.29, 1.82) is 0 Å². The molecule has 0 bridgehead atoms. The molecule has 5 nitrogen and oxygen atoms in total. The van der Waals surface area contributed by atoms with E-state index in [4.69, 9.17) is 11.6 Å². The largest absolute Gasteiger partial charge is 0.500 e. The van der Waals surface area contributed by atoms with E-state index in [0.717, 1.165) is 6.07 Å². The van der Waals surface area contributed by atoms with Gasteiger partial charge in [0.1, 0.15) is 5.82 Å². The lowest BCUT2D eigenvalue weighted by Crippen LogP contribution is -1.96. The van der Waals surface area contributed by atoms with Crippen molar-refractivity contribution in [3.63, 3.8) is 0 Å². The van der Waals surface area contributed by atoms with Crippen molar-refractivity contribution >= 4 is 33.3 Å². The average molecular weight is 348 g/mol. The molecule has 0 unspecified atom stereocenters. The van der Waals surface area contributed by atoms with E-state index in [-0.39, 0.29) is 20.8 Å². The van der Waals surface area contributed by atoms with E-state index in [1.54, 1.807) is 0 Å². The highest BCUT2D eigenvalue weighted by molar-refractivity contribution is 9.10. The Morgan fingerprint density at radius 1 is 1.42 bits per heavy atom.